The Labute approximate surface area is 157 Å². The summed E-state index contributed by atoms with van der Waals surface area (Å²) in [5.74, 6) is 1.71. The molecule has 0 bridgehead atoms. The van der Waals surface area contributed by atoms with Crippen molar-refractivity contribution in [3.05, 3.63) is 35.9 Å². The Morgan fingerprint density at radius 2 is 1.96 bits per heavy atom. The average molecular weight is 428 g/mol. The summed E-state index contributed by atoms with van der Waals surface area (Å²) in [5, 5.41) is 6.87. The molecule has 23 heavy (non-hydrogen) atoms. The predicted octanol–water partition coefficient (Wildman–Crippen LogP) is 2.84. The molecule has 2 N–H and O–H groups in total. The lowest BCUT2D eigenvalue weighted by atomic mass is 10.1. The summed E-state index contributed by atoms with van der Waals surface area (Å²) < 4.78 is 0. The minimum absolute atomic E-state index is 0. The van der Waals surface area contributed by atoms with E-state index in [0.717, 1.165) is 37.6 Å². The molecule has 1 unspecified atom stereocenters. The highest BCUT2D eigenvalue weighted by Crippen LogP contribution is 2.31. The van der Waals surface area contributed by atoms with Crippen molar-refractivity contribution in [2.45, 2.75) is 38.8 Å². The van der Waals surface area contributed by atoms with E-state index in [0.29, 0.717) is 0 Å². The number of hydrogen-bond donors (Lipinski definition) is 2. The van der Waals surface area contributed by atoms with Crippen LogP contribution < -0.4 is 10.6 Å². The van der Waals surface area contributed by atoms with Gasteiger partial charge < -0.3 is 15.5 Å². The molecule has 0 radical (unpaired) electrons. The maximum Gasteiger partial charge on any atom is 0.191 e. The topological polar surface area (TPSA) is 39.7 Å². The molecule has 1 heterocycles. The van der Waals surface area contributed by atoms with Gasteiger partial charge in [0.25, 0.3) is 0 Å². The van der Waals surface area contributed by atoms with Crippen LogP contribution in [-0.4, -0.2) is 43.1 Å². The van der Waals surface area contributed by atoms with Gasteiger partial charge in [-0.25, -0.2) is 4.99 Å². The fourth-order valence-electron chi connectivity index (χ4n) is 3.14. The molecular weight excluding hydrogens is 399 g/mol. The Kier molecular flexibility index (Phi) is 7.62. The molecule has 0 spiro atoms. The van der Waals surface area contributed by atoms with E-state index in [1.54, 1.807) is 0 Å². The average Bonchev–Trinajstić information content (AvgIpc) is 3.30. The number of likely N-dealkylation sites (tertiary alicyclic amines) is 1. The van der Waals surface area contributed by atoms with E-state index < -0.39 is 0 Å². The Hall–Kier alpha value is -0.820. The second-order valence-electron chi connectivity index (χ2n) is 6.44. The number of nitrogens with zero attached hydrogens (tertiary/aromatic N) is 2. The molecule has 1 saturated heterocycles. The van der Waals surface area contributed by atoms with Crippen molar-refractivity contribution < 1.29 is 0 Å². The van der Waals surface area contributed by atoms with E-state index >= 15 is 0 Å². The summed E-state index contributed by atoms with van der Waals surface area (Å²) in [6.45, 7) is 7.33. The van der Waals surface area contributed by atoms with Crippen LogP contribution in [0.25, 0.3) is 0 Å². The van der Waals surface area contributed by atoms with Gasteiger partial charge in [0.05, 0.1) is 6.54 Å². The van der Waals surface area contributed by atoms with Crippen LogP contribution in [0.1, 0.15) is 31.7 Å². The molecule has 128 valence electrons. The number of benzene rings is 1. The molecule has 1 aromatic carbocycles. The van der Waals surface area contributed by atoms with E-state index in [1.165, 1.54) is 37.9 Å². The van der Waals surface area contributed by atoms with Crippen molar-refractivity contribution in [2.75, 3.05) is 26.2 Å². The van der Waals surface area contributed by atoms with Gasteiger partial charge in [0.15, 0.2) is 5.96 Å². The van der Waals surface area contributed by atoms with Crippen molar-refractivity contribution >= 4 is 29.9 Å². The first-order valence-corrected chi connectivity index (χ1v) is 8.65. The second-order valence-corrected chi connectivity index (χ2v) is 6.44. The third-order valence-electron chi connectivity index (χ3n) is 4.55. The van der Waals surface area contributed by atoms with Gasteiger partial charge in [0, 0.05) is 25.7 Å². The smallest absolute Gasteiger partial charge is 0.191 e. The largest absolute Gasteiger partial charge is 0.357 e. The number of nitrogens with one attached hydrogen (secondary N) is 2. The first-order valence-electron chi connectivity index (χ1n) is 8.65. The van der Waals surface area contributed by atoms with Gasteiger partial charge in [-0.15, -0.1) is 24.0 Å². The Morgan fingerprint density at radius 3 is 2.65 bits per heavy atom. The standard InChI is InChI=1S/C18H28N4.HI/c1-2-19-18(20-12-15-6-4-3-5-7-15)21-13-16-10-11-22(14-16)17-8-9-17;/h3-7,16-17H,2,8-14H2,1H3,(H2,19,20,21);1H. The zero-order chi connectivity index (χ0) is 15.2. The van der Waals surface area contributed by atoms with Crippen LogP contribution in [0.15, 0.2) is 35.3 Å². The van der Waals surface area contributed by atoms with Crippen molar-refractivity contribution in [1.82, 2.24) is 15.5 Å². The summed E-state index contributed by atoms with van der Waals surface area (Å²) in [6.07, 6.45) is 4.16. The zero-order valence-corrected chi connectivity index (χ0v) is 16.3. The maximum atomic E-state index is 4.69. The third-order valence-corrected chi connectivity index (χ3v) is 4.55. The molecule has 3 rings (SSSR count). The summed E-state index contributed by atoms with van der Waals surface area (Å²) in [4.78, 5) is 7.36. The molecular formula is C18H29IN4. The normalized spacial score (nSPS) is 21.8. The van der Waals surface area contributed by atoms with Gasteiger partial charge in [0.1, 0.15) is 0 Å². The van der Waals surface area contributed by atoms with E-state index in [1.807, 2.05) is 6.07 Å². The molecule has 5 heteroatoms. The number of hydrogen-bond acceptors (Lipinski definition) is 2. The Balaban J connectivity index is 0.00000192. The fourth-order valence-corrected chi connectivity index (χ4v) is 3.14. The van der Waals surface area contributed by atoms with Gasteiger partial charge >= 0.3 is 0 Å². The van der Waals surface area contributed by atoms with Crippen LogP contribution in [0, 0.1) is 5.92 Å². The van der Waals surface area contributed by atoms with E-state index in [-0.39, 0.29) is 24.0 Å². The predicted molar refractivity (Wildman–Crippen MR) is 107 cm³/mol. The van der Waals surface area contributed by atoms with Gasteiger partial charge in [-0.3, -0.25) is 0 Å². The minimum atomic E-state index is 0. The Bertz CT molecular complexity index is 487. The fraction of sp³-hybridized carbons (Fsp3) is 0.611. The van der Waals surface area contributed by atoms with Gasteiger partial charge in [-0.2, -0.15) is 0 Å². The lowest BCUT2D eigenvalue weighted by molar-refractivity contribution is 0.314. The third kappa shape index (κ3) is 5.95. The number of aliphatic imine (C=N–C) groups is 1. The van der Waals surface area contributed by atoms with Crippen LogP contribution in [0.3, 0.4) is 0 Å². The SMILES string of the molecule is CCNC(=NCc1ccccc1)NCC1CCN(C2CC2)C1.I. The lowest BCUT2D eigenvalue weighted by Gasteiger charge is -2.17. The molecule has 0 aromatic heterocycles. The molecule has 2 aliphatic rings. The molecule has 1 aromatic rings. The summed E-state index contributed by atoms with van der Waals surface area (Å²) in [7, 11) is 0. The van der Waals surface area contributed by atoms with Crippen LogP contribution in [0.5, 0.6) is 0 Å². The molecule has 1 atom stereocenters. The molecule has 1 aliphatic heterocycles. The van der Waals surface area contributed by atoms with Crippen LogP contribution >= 0.6 is 24.0 Å². The number of guanidine groups is 1. The van der Waals surface area contributed by atoms with E-state index in [9.17, 15) is 0 Å². The van der Waals surface area contributed by atoms with E-state index in [4.69, 9.17) is 4.99 Å². The van der Waals surface area contributed by atoms with Crippen molar-refractivity contribution in [1.29, 1.82) is 0 Å². The lowest BCUT2D eigenvalue weighted by Crippen LogP contribution is -2.40. The van der Waals surface area contributed by atoms with Crippen molar-refractivity contribution in [2.24, 2.45) is 10.9 Å². The highest BCUT2D eigenvalue weighted by molar-refractivity contribution is 14.0. The number of rotatable bonds is 6. The molecule has 1 saturated carbocycles. The minimum Gasteiger partial charge on any atom is -0.357 e. The second kappa shape index (κ2) is 9.47. The summed E-state index contributed by atoms with van der Waals surface area (Å²) in [5.41, 5.74) is 1.25. The quantitative estimate of drug-likeness (QED) is 0.416. The molecule has 0 amide bonds. The monoisotopic (exact) mass is 428 g/mol. The first kappa shape index (κ1) is 18.5. The first-order chi connectivity index (χ1) is 10.8. The molecule has 4 nitrogen and oxygen atoms in total. The van der Waals surface area contributed by atoms with Gasteiger partial charge in [0.2, 0.25) is 0 Å². The zero-order valence-electron chi connectivity index (χ0n) is 14.0. The van der Waals surface area contributed by atoms with Gasteiger partial charge in [-0.1, -0.05) is 30.3 Å². The van der Waals surface area contributed by atoms with Crippen molar-refractivity contribution in [3.63, 3.8) is 0 Å². The van der Waals surface area contributed by atoms with Crippen LogP contribution in [0.4, 0.5) is 0 Å². The highest BCUT2D eigenvalue weighted by Gasteiger charge is 2.34. The molecule has 1 aliphatic carbocycles. The maximum absolute atomic E-state index is 4.69. The number of halogens is 1. The Morgan fingerprint density at radius 1 is 1.17 bits per heavy atom. The highest BCUT2D eigenvalue weighted by atomic mass is 127. The summed E-state index contributed by atoms with van der Waals surface area (Å²) >= 11 is 0. The van der Waals surface area contributed by atoms with Gasteiger partial charge in [-0.05, 0) is 44.2 Å². The molecule has 2 fully saturated rings. The van der Waals surface area contributed by atoms with Crippen LogP contribution in [0.2, 0.25) is 0 Å². The van der Waals surface area contributed by atoms with E-state index in [2.05, 4.69) is 46.7 Å². The van der Waals surface area contributed by atoms with Crippen LogP contribution in [-0.2, 0) is 6.54 Å². The summed E-state index contributed by atoms with van der Waals surface area (Å²) in [6, 6.07) is 11.3. The van der Waals surface area contributed by atoms with Crippen molar-refractivity contribution in [3.8, 4) is 0 Å².